The van der Waals surface area contributed by atoms with E-state index in [1.807, 2.05) is 0 Å². The molecule has 0 unspecified atom stereocenters. The second kappa shape index (κ2) is 7.46. The molecule has 0 heterocycles. The van der Waals surface area contributed by atoms with Crippen molar-refractivity contribution in [1.82, 2.24) is 5.32 Å². The van der Waals surface area contributed by atoms with Crippen LogP contribution in [-0.2, 0) is 16.0 Å². The Hall–Kier alpha value is -2.55. The van der Waals surface area contributed by atoms with Gasteiger partial charge in [0.15, 0.2) is 0 Å². The fraction of sp³-hybridized carbons (Fsp3) is 0.438. The molecule has 0 aliphatic rings. The van der Waals surface area contributed by atoms with Crippen LogP contribution < -0.4 is 5.32 Å². The summed E-state index contributed by atoms with van der Waals surface area (Å²) in [5.41, 5.74) is 0.485. The lowest BCUT2D eigenvalue weighted by Gasteiger charge is -2.23. The van der Waals surface area contributed by atoms with Gasteiger partial charge in [0.25, 0.3) is 0 Å². The lowest BCUT2D eigenvalue weighted by atomic mass is 9.99. The van der Waals surface area contributed by atoms with E-state index in [9.17, 15) is 9.59 Å². The van der Waals surface area contributed by atoms with Gasteiger partial charge in [-0.15, -0.1) is 0 Å². The zero-order chi connectivity index (χ0) is 16.8. The van der Waals surface area contributed by atoms with E-state index in [1.165, 1.54) is 0 Å². The van der Waals surface area contributed by atoms with Crippen molar-refractivity contribution in [1.29, 1.82) is 5.26 Å². The average Bonchev–Trinajstić information content (AvgIpc) is 2.36. The molecule has 0 fully saturated rings. The van der Waals surface area contributed by atoms with Crippen molar-refractivity contribution in [3.8, 4) is 6.07 Å². The first-order chi connectivity index (χ1) is 10.2. The van der Waals surface area contributed by atoms with Crippen molar-refractivity contribution in [2.75, 3.05) is 0 Å². The lowest BCUT2D eigenvalue weighted by Crippen LogP contribution is -2.41. The number of rotatable bonds is 5. The van der Waals surface area contributed by atoms with Crippen LogP contribution in [0.2, 0.25) is 0 Å². The fourth-order valence-electron chi connectivity index (χ4n) is 1.93. The van der Waals surface area contributed by atoms with Gasteiger partial charge in [0.2, 0.25) is 0 Å². The van der Waals surface area contributed by atoms with Gasteiger partial charge in [-0.1, -0.05) is 18.2 Å². The Morgan fingerprint density at radius 2 is 2.00 bits per heavy atom. The molecule has 118 valence electrons. The van der Waals surface area contributed by atoms with E-state index < -0.39 is 23.7 Å². The van der Waals surface area contributed by atoms with Crippen LogP contribution >= 0.6 is 0 Å². The van der Waals surface area contributed by atoms with Gasteiger partial charge in [0, 0.05) is 6.04 Å². The van der Waals surface area contributed by atoms with Crippen LogP contribution in [0.3, 0.4) is 0 Å². The van der Waals surface area contributed by atoms with Gasteiger partial charge >= 0.3 is 12.1 Å². The number of aliphatic carboxylic acids is 1. The number of nitrogens with zero attached hydrogens (tertiary/aromatic N) is 1. The first-order valence-corrected chi connectivity index (χ1v) is 6.90. The predicted molar refractivity (Wildman–Crippen MR) is 80.3 cm³/mol. The highest BCUT2D eigenvalue weighted by Gasteiger charge is 2.22. The van der Waals surface area contributed by atoms with Crippen LogP contribution in [0.5, 0.6) is 0 Å². The van der Waals surface area contributed by atoms with E-state index in [1.54, 1.807) is 45.0 Å². The smallest absolute Gasteiger partial charge is 0.407 e. The summed E-state index contributed by atoms with van der Waals surface area (Å²) in [5, 5.41) is 20.6. The molecule has 2 N–H and O–H groups in total. The number of hydrogen-bond acceptors (Lipinski definition) is 4. The SMILES string of the molecule is CC(C)(C)OC(=O)N[C@H](CC(=O)O)Cc1ccccc1C#N. The summed E-state index contributed by atoms with van der Waals surface area (Å²) in [6, 6.07) is 8.29. The molecule has 6 heteroatoms. The molecule has 22 heavy (non-hydrogen) atoms. The van der Waals surface area contributed by atoms with Crippen molar-refractivity contribution < 1.29 is 19.4 Å². The van der Waals surface area contributed by atoms with E-state index in [-0.39, 0.29) is 12.8 Å². The van der Waals surface area contributed by atoms with Crippen molar-refractivity contribution in [3.63, 3.8) is 0 Å². The van der Waals surface area contributed by atoms with Crippen LogP contribution in [0.4, 0.5) is 4.79 Å². The van der Waals surface area contributed by atoms with Crippen molar-refractivity contribution in [3.05, 3.63) is 35.4 Å². The number of amides is 1. The van der Waals surface area contributed by atoms with Gasteiger partial charge in [-0.25, -0.2) is 4.79 Å². The quantitative estimate of drug-likeness (QED) is 0.870. The molecular weight excluding hydrogens is 284 g/mol. The second-order valence-electron chi connectivity index (χ2n) is 5.91. The number of carbonyl (C=O) groups is 2. The van der Waals surface area contributed by atoms with Crippen molar-refractivity contribution in [2.45, 2.75) is 45.3 Å². The van der Waals surface area contributed by atoms with Gasteiger partial charge in [0.05, 0.1) is 18.1 Å². The third-order valence-electron chi connectivity index (χ3n) is 2.75. The molecule has 0 aromatic heterocycles. The van der Waals surface area contributed by atoms with Crippen LogP contribution in [0, 0.1) is 11.3 Å². The Bertz CT molecular complexity index is 585. The molecule has 6 nitrogen and oxygen atoms in total. The Labute approximate surface area is 129 Å². The summed E-state index contributed by atoms with van der Waals surface area (Å²) < 4.78 is 5.14. The number of carboxylic acids is 1. The van der Waals surface area contributed by atoms with Gasteiger partial charge in [-0.05, 0) is 38.8 Å². The molecule has 0 bridgehead atoms. The molecule has 0 saturated heterocycles. The second-order valence-corrected chi connectivity index (χ2v) is 5.91. The average molecular weight is 304 g/mol. The fourth-order valence-corrected chi connectivity index (χ4v) is 1.93. The molecule has 0 spiro atoms. The molecule has 0 aliphatic carbocycles. The molecular formula is C16H20N2O4. The first kappa shape index (κ1) is 17.5. The number of alkyl carbamates (subject to hydrolysis) is 1. The molecule has 0 saturated carbocycles. The zero-order valence-corrected chi connectivity index (χ0v) is 12.9. The number of carbonyl (C=O) groups excluding carboxylic acids is 1. The van der Waals surface area contributed by atoms with E-state index >= 15 is 0 Å². The zero-order valence-electron chi connectivity index (χ0n) is 12.9. The summed E-state index contributed by atoms with van der Waals surface area (Å²) in [6.45, 7) is 5.18. The lowest BCUT2D eigenvalue weighted by molar-refractivity contribution is -0.137. The summed E-state index contributed by atoms with van der Waals surface area (Å²) in [5.74, 6) is -1.03. The minimum absolute atomic E-state index is 0.245. The highest BCUT2D eigenvalue weighted by Crippen LogP contribution is 2.13. The molecule has 1 rings (SSSR count). The van der Waals surface area contributed by atoms with Gasteiger partial charge in [0.1, 0.15) is 5.60 Å². The third kappa shape index (κ3) is 6.27. The number of nitrogens with one attached hydrogen (secondary N) is 1. The molecule has 0 aliphatic heterocycles. The standard InChI is InChI=1S/C16H20N2O4/c1-16(2,3)22-15(21)18-13(9-14(19)20)8-11-6-4-5-7-12(11)10-17/h4-7,13H,8-9H2,1-3H3,(H,18,21)(H,19,20)/t13-/m0/s1. The summed E-state index contributed by atoms with van der Waals surface area (Å²) in [4.78, 5) is 22.8. The predicted octanol–water partition coefficient (Wildman–Crippen LogP) is 2.47. The van der Waals surface area contributed by atoms with E-state index in [4.69, 9.17) is 15.1 Å². The van der Waals surface area contributed by atoms with E-state index in [0.717, 1.165) is 0 Å². The maximum atomic E-state index is 11.8. The third-order valence-corrected chi connectivity index (χ3v) is 2.75. The van der Waals surface area contributed by atoms with Crippen LogP contribution in [-0.4, -0.2) is 28.8 Å². The van der Waals surface area contributed by atoms with Gasteiger partial charge < -0.3 is 15.2 Å². The Morgan fingerprint density at radius 3 is 2.55 bits per heavy atom. The maximum Gasteiger partial charge on any atom is 0.407 e. The van der Waals surface area contributed by atoms with Crippen LogP contribution in [0.15, 0.2) is 24.3 Å². The Kier molecular flexibility index (Phi) is 5.93. The van der Waals surface area contributed by atoms with Crippen LogP contribution in [0.25, 0.3) is 0 Å². The van der Waals surface area contributed by atoms with Crippen LogP contribution in [0.1, 0.15) is 38.3 Å². The Balaban J connectivity index is 2.83. The summed E-state index contributed by atoms with van der Waals surface area (Å²) >= 11 is 0. The van der Waals surface area contributed by atoms with Crippen molar-refractivity contribution in [2.24, 2.45) is 0 Å². The summed E-state index contributed by atoms with van der Waals surface area (Å²) in [6.07, 6.45) is -0.679. The monoisotopic (exact) mass is 304 g/mol. The topological polar surface area (TPSA) is 99.4 Å². The molecule has 1 amide bonds. The molecule has 1 atom stereocenters. The largest absolute Gasteiger partial charge is 0.481 e. The van der Waals surface area contributed by atoms with Crippen molar-refractivity contribution >= 4 is 12.1 Å². The minimum atomic E-state index is -1.03. The molecule has 1 aromatic carbocycles. The highest BCUT2D eigenvalue weighted by atomic mass is 16.6. The minimum Gasteiger partial charge on any atom is -0.481 e. The van der Waals surface area contributed by atoms with E-state index in [0.29, 0.717) is 11.1 Å². The first-order valence-electron chi connectivity index (χ1n) is 6.90. The van der Waals surface area contributed by atoms with Gasteiger partial charge in [-0.3, -0.25) is 4.79 Å². The number of benzene rings is 1. The number of carboxylic acid groups (broad SMARTS) is 1. The normalized spacial score (nSPS) is 12.1. The maximum absolute atomic E-state index is 11.8. The highest BCUT2D eigenvalue weighted by molar-refractivity contribution is 5.71. The summed E-state index contributed by atoms with van der Waals surface area (Å²) in [7, 11) is 0. The number of ether oxygens (including phenoxy) is 1. The Morgan fingerprint density at radius 1 is 1.36 bits per heavy atom. The van der Waals surface area contributed by atoms with E-state index in [2.05, 4.69) is 11.4 Å². The molecule has 0 radical (unpaired) electrons. The number of hydrogen-bond donors (Lipinski definition) is 2. The number of nitriles is 1. The molecule has 1 aromatic rings. The van der Waals surface area contributed by atoms with Gasteiger partial charge in [-0.2, -0.15) is 5.26 Å².